The van der Waals surface area contributed by atoms with Crippen molar-refractivity contribution in [2.75, 3.05) is 0 Å². The molecule has 0 amide bonds. The first kappa shape index (κ1) is 16.8. The van der Waals surface area contributed by atoms with Crippen LogP contribution in [0.3, 0.4) is 0 Å². The normalized spacial score (nSPS) is 12.8. The number of aryl methyl sites for hydroxylation is 2. The van der Waals surface area contributed by atoms with Gasteiger partial charge in [0.15, 0.2) is 0 Å². The predicted molar refractivity (Wildman–Crippen MR) is 90.3 cm³/mol. The van der Waals surface area contributed by atoms with Crippen LogP contribution >= 0.6 is 8.69 Å². The average molecular weight is 320 g/mol. The topological polar surface area (TPSA) is 18.5 Å². The van der Waals surface area contributed by atoms with Crippen LogP contribution in [0.1, 0.15) is 37.5 Å². The molecule has 22 heavy (non-hydrogen) atoms. The van der Waals surface area contributed by atoms with Crippen molar-refractivity contribution in [2.45, 2.75) is 40.0 Å². The highest BCUT2D eigenvalue weighted by Gasteiger charge is 2.17. The van der Waals surface area contributed by atoms with Crippen molar-refractivity contribution in [1.82, 2.24) is 0 Å². The molecule has 2 nitrogen and oxygen atoms in total. The van der Waals surface area contributed by atoms with Crippen LogP contribution in [0.5, 0.6) is 11.5 Å². The summed E-state index contributed by atoms with van der Waals surface area (Å²) in [7, 11) is -2.50. The highest BCUT2D eigenvalue weighted by Crippen LogP contribution is 2.42. The van der Waals surface area contributed by atoms with Crippen LogP contribution in [-0.4, -0.2) is 0 Å². The Bertz CT molecular complexity index is 633. The lowest BCUT2D eigenvalue weighted by molar-refractivity contribution is 0.437. The third-order valence-electron chi connectivity index (χ3n) is 3.40. The van der Waals surface area contributed by atoms with Crippen molar-refractivity contribution in [2.24, 2.45) is 0 Å². The molecule has 0 saturated heterocycles. The van der Waals surface area contributed by atoms with Crippen molar-refractivity contribution < 1.29 is 13.2 Å². The van der Waals surface area contributed by atoms with E-state index in [-0.39, 0.29) is 5.41 Å². The molecule has 0 heterocycles. The van der Waals surface area contributed by atoms with Gasteiger partial charge in [0.25, 0.3) is 0 Å². The maximum atomic E-state index is 14.0. The Labute approximate surface area is 133 Å². The van der Waals surface area contributed by atoms with Gasteiger partial charge in [0.1, 0.15) is 11.5 Å². The molecule has 2 rings (SSSR count). The summed E-state index contributed by atoms with van der Waals surface area (Å²) < 4.78 is 24.5. The summed E-state index contributed by atoms with van der Waals surface area (Å²) in [5.41, 5.74) is 3.26. The summed E-state index contributed by atoms with van der Waals surface area (Å²) in [5, 5.41) is 0. The number of benzene rings is 2. The van der Waals surface area contributed by atoms with Crippen LogP contribution in [0.4, 0.5) is 4.20 Å². The Morgan fingerprint density at radius 2 is 1.55 bits per heavy atom. The molecule has 2 aromatic rings. The van der Waals surface area contributed by atoms with Gasteiger partial charge in [-0.2, -0.15) is 0 Å². The minimum atomic E-state index is -2.50. The Hall–Kier alpha value is -1.60. The van der Waals surface area contributed by atoms with E-state index in [0.717, 1.165) is 11.1 Å². The average Bonchev–Trinajstić information content (AvgIpc) is 2.41. The second kappa shape index (κ2) is 6.66. The molecule has 0 aliphatic heterocycles. The highest BCUT2D eigenvalue weighted by molar-refractivity contribution is 7.42. The summed E-state index contributed by atoms with van der Waals surface area (Å²) >= 11 is 0. The quantitative estimate of drug-likeness (QED) is 0.619. The monoisotopic (exact) mass is 320 g/mol. The molecule has 0 saturated carbocycles. The summed E-state index contributed by atoms with van der Waals surface area (Å²) in [6, 6.07) is 13.1. The maximum Gasteiger partial charge on any atom is 0.505 e. The summed E-state index contributed by atoms with van der Waals surface area (Å²) in [6.07, 6.45) is 0. The van der Waals surface area contributed by atoms with Crippen molar-refractivity contribution in [1.29, 1.82) is 0 Å². The van der Waals surface area contributed by atoms with Gasteiger partial charge in [-0.05, 0) is 48.6 Å². The molecular formula is C18H22FO2P. The molecule has 1 atom stereocenters. The second-order valence-electron chi connectivity index (χ2n) is 6.44. The second-order valence-corrected chi connectivity index (χ2v) is 7.23. The van der Waals surface area contributed by atoms with Crippen LogP contribution in [0.15, 0.2) is 42.5 Å². The Morgan fingerprint density at radius 1 is 0.909 bits per heavy atom. The summed E-state index contributed by atoms with van der Waals surface area (Å²) in [6.45, 7) is 10.3. The van der Waals surface area contributed by atoms with E-state index < -0.39 is 8.69 Å². The van der Waals surface area contributed by atoms with E-state index in [0.29, 0.717) is 11.5 Å². The molecule has 0 bridgehead atoms. The van der Waals surface area contributed by atoms with Crippen LogP contribution < -0.4 is 9.05 Å². The standard InChI is InChI=1S/C18H22FO2P/c1-13-6-11-17(14(2)12-13)21-22(19)20-16-9-7-15(8-10-16)18(3,4)5/h6-12H,1-5H3. The summed E-state index contributed by atoms with van der Waals surface area (Å²) in [5.74, 6) is 0.997. The zero-order valence-electron chi connectivity index (χ0n) is 13.7. The first-order valence-electron chi connectivity index (χ1n) is 7.25. The van der Waals surface area contributed by atoms with E-state index in [4.69, 9.17) is 9.05 Å². The lowest BCUT2D eigenvalue weighted by atomic mass is 9.87. The number of halogens is 1. The van der Waals surface area contributed by atoms with Crippen molar-refractivity contribution >= 4 is 8.69 Å². The van der Waals surface area contributed by atoms with E-state index >= 15 is 0 Å². The number of hydrogen-bond donors (Lipinski definition) is 0. The first-order chi connectivity index (χ1) is 10.3. The fourth-order valence-corrected chi connectivity index (χ4v) is 2.78. The molecule has 0 N–H and O–H groups in total. The van der Waals surface area contributed by atoms with E-state index in [1.165, 1.54) is 5.56 Å². The third-order valence-corrected chi connectivity index (χ3v) is 4.09. The molecule has 1 unspecified atom stereocenters. The Morgan fingerprint density at radius 3 is 2.09 bits per heavy atom. The van der Waals surface area contributed by atoms with Crippen molar-refractivity contribution in [3.8, 4) is 11.5 Å². The van der Waals surface area contributed by atoms with E-state index in [1.807, 2.05) is 38.1 Å². The van der Waals surface area contributed by atoms with Crippen LogP contribution in [0, 0.1) is 13.8 Å². The van der Waals surface area contributed by atoms with Crippen LogP contribution in [0.2, 0.25) is 0 Å². The zero-order chi connectivity index (χ0) is 16.3. The smallest absolute Gasteiger partial charge is 0.415 e. The predicted octanol–water partition coefficient (Wildman–Crippen LogP) is 6.26. The van der Waals surface area contributed by atoms with Gasteiger partial charge < -0.3 is 9.05 Å². The van der Waals surface area contributed by atoms with Gasteiger partial charge in [0, 0.05) is 0 Å². The lowest BCUT2D eigenvalue weighted by Gasteiger charge is -2.19. The molecule has 0 aliphatic carbocycles. The molecule has 0 radical (unpaired) electrons. The van der Waals surface area contributed by atoms with Crippen LogP contribution in [-0.2, 0) is 5.41 Å². The Balaban J connectivity index is 2.01. The minimum Gasteiger partial charge on any atom is -0.415 e. The molecule has 0 aromatic heterocycles. The van der Waals surface area contributed by atoms with Gasteiger partial charge in [0.05, 0.1) is 0 Å². The molecular weight excluding hydrogens is 298 g/mol. The summed E-state index contributed by atoms with van der Waals surface area (Å²) in [4.78, 5) is 0. The van der Waals surface area contributed by atoms with Gasteiger partial charge in [0.2, 0.25) is 0 Å². The third kappa shape index (κ3) is 4.45. The fraction of sp³-hybridized carbons (Fsp3) is 0.333. The minimum absolute atomic E-state index is 0.0640. The van der Waals surface area contributed by atoms with Crippen LogP contribution in [0.25, 0.3) is 0 Å². The van der Waals surface area contributed by atoms with E-state index in [1.54, 1.807) is 18.2 Å². The molecule has 4 heteroatoms. The molecule has 2 aromatic carbocycles. The molecule has 0 spiro atoms. The van der Waals surface area contributed by atoms with E-state index in [2.05, 4.69) is 20.8 Å². The Kier molecular flexibility index (Phi) is 5.08. The zero-order valence-corrected chi connectivity index (χ0v) is 14.6. The van der Waals surface area contributed by atoms with Gasteiger partial charge in [-0.25, -0.2) is 0 Å². The SMILES string of the molecule is Cc1ccc(OP(F)Oc2ccc(C(C)(C)C)cc2)c(C)c1. The number of hydrogen-bond acceptors (Lipinski definition) is 2. The van der Waals surface area contributed by atoms with Crippen molar-refractivity contribution in [3.05, 3.63) is 59.2 Å². The largest absolute Gasteiger partial charge is 0.505 e. The van der Waals surface area contributed by atoms with Gasteiger partial charge in [-0.1, -0.05) is 50.6 Å². The molecule has 0 fully saturated rings. The fourth-order valence-electron chi connectivity index (χ4n) is 2.10. The number of rotatable bonds is 4. The lowest BCUT2D eigenvalue weighted by Crippen LogP contribution is -2.10. The van der Waals surface area contributed by atoms with E-state index in [9.17, 15) is 4.20 Å². The van der Waals surface area contributed by atoms with Gasteiger partial charge in [-0.15, -0.1) is 4.20 Å². The first-order valence-corrected chi connectivity index (χ1v) is 8.32. The molecule has 118 valence electrons. The van der Waals surface area contributed by atoms with Crippen molar-refractivity contribution in [3.63, 3.8) is 0 Å². The van der Waals surface area contributed by atoms with Gasteiger partial charge >= 0.3 is 8.69 Å². The van der Waals surface area contributed by atoms with Gasteiger partial charge in [-0.3, -0.25) is 0 Å². The molecule has 0 aliphatic rings. The maximum absolute atomic E-state index is 14.0. The highest BCUT2D eigenvalue weighted by atomic mass is 31.2.